The van der Waals surface area contributed by atoms with Crippen molar-refractivity contribution in [2.24, 2.45) is 0 Å². The number of rotatable bonds is 6. The number of hydrogen-bond donors (Lipinski definition) is 1. The number of aldehydes is 1. The summed E-state index contributed by atoms with van der Waals surface area (Å²) in [5, 5.41) is 9.74. The largest absolute Gasteiger partial charge is 0.507 e. The number of benzene rings is 3. The molecule has 3 rings (SSSR count). The highest BCUT2D eigenvalue weighted by atomic mass is 19.1. The topological polar surface area (TPSA) is 55.8 Å². The first kappa shape index (κ1) is 17.5. The van der Waals surface area contributed by atoms with E-state index in [9.17, 15) is 14.3 Å². The van der Waals surface area contributed by atoms with Gasteiger partial charge in [0.05, 0.1) is 12.7 Å². The molecule has 0 unspecified atom stereocenters. The van der Waals surface area contributed by atoms with Crippen LogP contribution in [0.4, 0.5) is 4.39 Å². The summed E-state index contributed by atoms with van der Waals surface area (Å²) in [6, 6.07) is 16.3. The first-order valence-electron chi connectivity index (χ1n) is 7.96. The molecule has 5 heteroatoms. The van der Waals surface area contributed by atoms with Crippen LogP contribution in [0.15, 0.2) is 60.7 Å². The van der Waals surface area contributed by atoms with Gasteiger partial charge < -0.3 is 14.6 Å². The molecule has 0 radical (unpaired) electrons. The van der Waals surface area contributed by atoms with Crippen LogP contribution in [0.3, 0.4) is 0 Å². The third kappa shape index (κ3) is 3.52. The van der Waals surface area contributed by atoms with Crippen molar-refractivity contribution in [1.29, 1.82) is 0 Å². The van der Waals surface area contributed by atoms with Crippen molar-refractivity contribution in [1.82, 2.24) is 0 Å². The fourth-order valence-electron chi connectivity index (χ4n) is 2.71. The molecule has 0 spiro atoms. The van der Waals surface area contributed by atoms with Crippen LogP contribution in [0.2, 0.25) is 0 Å². The number of aromatic hydroxyl groups is 1. The maximum absolute atomic E-state index is 14.1. The lowest BCUT2D eigenvalue weighted by molar-refractivity contribution is 0.112. The maximum atomic E-state index is 14.1. The number of ether oxygens (including phenoxy) is 2. The van der Waals surface area contributed by atoms with Crippen molar-refractivity contribution in [3.8, 4) is 28.4 Å². The molecule has 0 fully saturated rings. The molecule has 0 aliphatic carbocycles. The van der Waals surface area contributed by atoms with Gasteiger partial charge in [0.1, 0.15) is 29.7 Å². The molecule has 3 aromatic rings. The second-order valence-corrected chi connectivity index (χ2v) is 5.60. The molecule has 0 atom stereocenters. The van der Waals surface area contributed by atoms with Crippen LogP contribution in [-0.4, -0.2) is 18.5 Å². The minimum Gasteiger partial charge on any atom is -0.507 e. The van der Waals surface area contributed by atoms with E-state index < -0.39 is 0 Å². The van der Waals surface area contributed by atoms with Gasteiger partial charge in [0, 0.05) is 22.8 Å². The van der Waals surface area contributed by atoms with Crippen LogP contribution < -0.4 is 9.47 Å². The Bertz CT molecular complexity index is 937. The minimum absolute atomic E-state index is 0.149. The van der Waals surface area contributed by atoms with Gasteiger partial charge >= 0.3 is 0 Å². The summed E-state index contributed by atoms with van der Waals surface area (Å²) in [4.78, 5) is 10.8. The lowest BCUT2D eigenvalue weighted by atomic mass is 10.0. The summed E-state index contributed by atoms with van der Waals surface area (Å²) in [7, 11) is 1.52. The van der Waals surface area contributed by atoms with E-state index in [0.717, 1.165) is 5.56 Å². The molecule has 0 saturated carbocycles. The van der Waals surface area contributed by atoms with Gasteiger partial charge in [-0.15, -0.1) is 0 Å². The second kappa shape index (κ2) is 7.70. The van der Waals surface area contributed by atoms with E-state index >= 15 is 0 Å². The van der Waals surface area contributed by atoms with E-state index in [1.165, 1.54) is 25.3 Å². The van der Waals surface area contributed by atoms with E-state index in [4.69, 9.17) is 9.47 Å². The highest BCUT2D eigenvalue weighted by molar-refractivity contribution is 5.79. The van der Waals surface area contributed by atoms with Crippen molar-refractivity contribution >= 4 is 6.29 Å². The van der Waals surface area contributed by atoms with Crippen LogP contribution in [-0.2, 0) is 6.61 Å². The highest BCUT2D eigenvalue weighted by Gasteiger charge is 2.14. The van der Waals surface area contributed by atoms with Gasteiger partial charge in [0.2, 0.25) is 0 Å². The van der Waals surface area contributed by atoms with E-state index in [1.54, 1.807) is 36.4 Å². The smallest absolute Gasteiger partial charge is 0.153 e. The number of methoxy groups -OCH3 is 1. The number of phenols is 1. The average molecular weight is 352 g/mol. The summed E-state index contributed by atoms with van der Waals surface area (Å²) in [6.45, 7) is 0.158. The highest BCUT2D eigenvalue weighted by Crippen LogP contribution is 2.35. The predicted molar refractivity (Wildman–Crippen MR) is 96.2 cm³/mol. The van der Waals surface area contributed by atoms with Crippen molar-refractivity contribution in [3.63, 3.8) is 0 Å². The minimum atomic E-state index is -0.335. The monoisotopic (exact) mass is 352 g/mol. The van der Waals surface area contributed by atoms with E-state index in [-0.39, 0.29) is 23.7 Å². The van der Waals surface area contributed by atoms with Gasteiger partial charge in [0.15, 0.2) is 6.29 Å². The van der Waals surface area contributed by atoms with Gasteiger partial charge in [-0.25, -0.2) is 4.39 Å². The molecule has 4 nitrogen and oxygen atoms in total. The fourth-order valence-corrected chi connectivity index (χ4v) is 2.71. The number of carbonyl (C=O) groups excluding carboxylic acids is 1. The predicted octanol–water partition coefficient (Wildman–Crippen LogP) is 4.60. The SMILES string of the molecule is COc1c(COc2ccc(C=O)c(O)c2)cccc1-c1ccccc1F. The first-order chi connectivity index (χ1) is 12.6. The number of carbonyl (C=O) groups is 1. The zero-order chi connectivity index (χ0) is 18.5. The summed E-state index contributed by atoms with van der Waals surface area (Å²) >= 11 is 0. The Labute approximate surface area is 150 Å². The van der Waals surface area contributed by atoms with Crippen LogP contribution in [0, 0.1) is 5.82 Å². The Morgan fingerprint density at radius 3 is 2.50 bits per heavy atom. The molecule has 0 aliphatic rings. The van der Waals surface area contributed by atoms with E-state index in [0.29, 0.717) is 28.9 Å². The summed E-state index contributed by atoms with van der Waals surface area (Å²) < 4.78 is 25.3. The summed E-state index contributed by atoms with van der Waals surface area (Å²) in [6.07, 6.45) is 0.569. The standard InChI is InChI=1S/C21H17FO4/c1-25-21-15(13-26-16-10-9-14(12-23)20(24)11-16)5-4-7-18(21)17-6-2-3-8-19(17)22/h2-12,24H,13H2,1H3. The molecule has 26 heavy (non-hydrogen) atoms. The van der Waals surface area contributed by atoms with Crippen LogP contribution >= 0.6 is 0 Å². The van der Waals surface area contributed by atoms with Crippen LogP contribution in [0.25, 0.3) is 11.1 Å². The maximum Gasteiger partial charge on any atom is 0.153 e. The van der Waals surface area contributed by atoms with Crippen molar-refractivity contribution in [2.75, 3.05) is 7.11 Å². The van der Waals surface area contributed by atoms with Gasteiger partial charge in [0.25, 0.3) is 0 Å². The van der Waals surface area contributed by atoms with Crippen molar-refractivity contribution in [3.05, 3.63) is 77.6 Å². The first-order valence-corrected chi connectivity index (χ1v) is 7.96. The van der Waals surface area contributed by atoms with Crippen LogP contribution in [0.1, 0.15) is 15.9 Å². The Morgan fingerprint density at radius 2 is 1.81 bits per heavy atom. The van der Waals surface area contributed by atoms with E-state index in [1.807, 2.05) is 6.07 Å². The molecule has 0 aliphatic heterocycles. The van der Waals surface area contributed by atoms with Gasteiger partial charge in [-0.05, 0) is 18.2 Å². The lowest BCUT2D eigenvalue weighted by Crippen LogP contribution is -2.01. The lowest BCUT2D eigenvalue weighted by Gasteiger charge is -2.15. The Hall–Kier alpha value is -3.34. The molecule has 0 aromatic heterocycles. The van der Waals surface area contributed by atoms with Crippen molar-refractivity contribution < 1.29 is 23.8 Å². The second-order valence-electron chi connectivity index (χ2n) is 5.60. The molecular formula is C21H17FO4. The third-order valence-corrected chi connectivity index (χ3v) is 3.99. The van der Waals surface area contributed by atoms with Gasteiger partial charge in [-0.3, -0.25) is 4.79 Å². The van der Waals surface area contributed by atoms with Crippen LogP contribution in [0.5, 0.6) is 17.2 Å². The van der Waals surface area contributed by atoms with Gasteiger partial charge in [-0.1, -0.05) is 36.4 Å². The zero-order valence-electron chi connectivity index (χ0n) is 14.1. The molecule has 0 heterocycles. The molecule has 0 bridgehead atoms. The molecule has 3 aromatic carbocycles. The number of para-hydroxylation sites is 1. The molecule has 1 N–H and O–H groups in total. The third-order valence-electron chi connectivity index (χ3n) is 3.99. The molecular weight excluding hydrogens is 335 g/mol. The normalized spacial score (nSPS) is 10.4. The summed E-state index contributed by atoms with van der Waals surface area (Å²) in [5.74, 6) is 0.445. The van der Waals surface area contributed by atoms with E-state index in [2.05, 4.69) is 0 Å². The molecule has 0 amide bonds. The molecule has 132 valence electrons. The average Bonchev–Trinajstić information content (AvgIpc) is 2.66. The number of halogens is 1. The Kier molecular flexibility index (Phi) is 5.17. The zero-order valence-corrected chi connectivity index (χ0v) is 14.1. The number of hydrogen-bond acceptors (Lipinski definition) is 4. The van der Waals surface area contributed by atoms with Gasteiger partial charge in [-0.2, -0.15) is 0 Å². The van der Waals surface area contributed by atoms with Crippen molar-refractivity contribution in [2.45, 2.75) is 6.61 Å². The Balaban J connectivity index is 1.89. The fraction of sp³-hybridized carbons (Fsp3) is 0.0952. The summed E-state index contributed by atoms with van der Waals surface area (Å²) in [5.41, 5.74) is 1.99. The quantitative estimate of drug-likeness (QED) is 0.659. The Morgan fingerprint density at radius 1 is 1.04 bits per heavy atom. The number of phenolic OH excluding ortho intramolecular Hbond substituents is 1. The molecule has 0 saturated heterocycles.